The SMILES string of the molecule is C=C[C@@H]1c2ccccc2CN(C(=O)OC(C)(C)C)[C@H]1Cc1ccccc1. The van der Waals surface area contributed by atoms with E-state index in [4.69, 9.17) is 4.74 Å². The van der Waals surface area contributed by atoms with E-state index in [-0.39, 0.29) is 18.1 Å². The van der Waals surface area contributed by atoms with E-state index in [1.807, 2.05) is 56.0 Å². The van der Waals surface area contributed by atoms with Crippen molar-refractivity contribution in [2.45, 2.75) is 51.3 Å². The zero-order valence-electron chi connectivity index (χ0n) is 15.8. The maximum atomic E-state index is 13.0. The summed E-state index contributed by atoms with van der Waals surface area (Å²) in [6.45, 7) is 10.3. The van der Waals surface area contributed by atoms with Crippen LogP contribution in [-0.2, 0) is 17.7 Å². The normalized spacial score (nSPS) is 19.6. The summed E-state index contributed by atoms with van der Waals surface area (Å²) < 4.78 is 5.71. The van der Waals surface area contributed by atoms with Gasteiger partial charge < -0.3 is 4.74 Å². The molecule has 0 radical (unpaired) electrons. The van der Waals surface area contributed by atoms with Gasteiger partial charge in [0.25, 0.3) is 0 Å². The topological polar surface area (TPSA) is 29.5 Å². The number of hydrogen-bond donors (Lipinski definition) is 0. The largest absolute Gasteiger partial charge is 0.444 e. The molecule has 0 aromatic heterocycles. The molecular weight excluding hydrogens is 322 g/mol. The number of amides is 1. The third-order valence-corrected chi connectivity index (χ3v) is 4.74. The van der Waals surface area contributed by atoms with Gasteiger partial charge in [-0.25, -0.2) is 4.79 Å². The molecule has 26 heavy (non-hydrogen) atoms. The molecule has 0 unspecified atom stereocenters. The Morgan fingerprint density at radius 1 is 1.15 bits per heavy atom. The van der Waals surface area contributed by atoms with E-state index in [0.717, 1.165) is 12.0 Å². The third kappa shape index (κ3) is 3.98. The number of ether oxygens (including phenoxy) is 1. The van der Waals surface area contributed by atoms with Crippen LogP contribution in [0.4, 0.5) is 4.79 Å². The molecule has 2 atom stereocenters. The quantitative estimate of drug-likeness (QED) is 0.702. The number of carbonyl (C=O) groups excluding carboxylic acids is 1. The molecule has 0 saturated heterocycles. The monoisotopic (exact) mass is 349 g/mol. The highest BCUT2D eigenvalue weighted by Gasteiger charge is 2.37. The van der Waals surface area contributed by atoms with Gasteiger partial charge in [0.2, 0.25) is 0 Å². The summed E-state index contributed by atoms with van der Waals surface area (Å²) in [6.07, 6.45) is 2.47. The molecule has 1 aliphatic rings. The molecule has 0 bridgehead atoms. The fourth-order valence-electron chi connectivity index (χ4n) is 3.60. The molecule has 0 spiro atoms. The first kappa shape index (κ1) is 18.2. The highest BCUT2D eigenvalue weighted by molar-refractivity contribution is 5.70. The Bertz CT molecular complexity index is 776. The predicted octanol–water partition coefficient (Wildman–Crippen LogP) is 5.32. The highest BCUT2D eigenvalue weighted by atomic mass is 16.6. The minimum Gasteiger partial charge on any atom is -0.444 e. The molecule has 3 heteroatoms. The van der Waals surface area contributed by atoms with Crippen molar-refractivity contribution in [1.29, 1.82) is 0 Å². The summed E-state index contributed by atoms with van der Waals surface area (Å²) >= 11 is 0. The van der Waals surface area contributed by atoms with Crippen molar-refractivity contribution in [2.75, 3.05) is 0 Å². The van der Waals surface area contributed by atoms with Gasteiger partial charge in [-0.1, -0.05) is 60.7 Å². The van der Waals surface area contributed by atoms with Crippen molar-refractivity contribution in [3.8, 4) is 0 Å². The second-order valence-corrected chi connectivity index (χ2v) is 7.83. The van der Waals surface area contributed by atoms with Crippen molar-refractivity contribution in [3.63, 3.8) is 0 Å². The molecular formula is C23H27NO2. The molecule has 3 rings (SSSR count). The second-order valence-electron chi connectivity index (χ2n) is 7.83. The van der Waals surface area contributed by atoms with Gasteiger partial charge in [-0.05, 0) is 43.9 Å². The van der Waals surface area contributed by atoms with Gasteiger partial charge in [-0.3, -0.25) is 4.90 Å². The number of rotatable bonds is 3. The van der Waals surface area contributed by atoms with Crippen LogP contribution in [0.1, 0.15) is 43.4 Å². The smallest absolute Gasteiger partial charge is 0.410 e. The van der Waals surface area contributed by atoms with Crippen molar-refractivity contribution in [2.24, 2.45) is 0 Å². The van der Waals surface area contributed by atoms with Crippen LogP contribution < -0.4 is 0 Å². The highest BCUT2D eigenvalue weighted by Crippen LogP contribution is 2.36. The standard InChI is InChI=1S/C23H27NO2/c1-5-19-20-14-10-9-13-18(20)16-24(22(25)26-23(2,3)4)21(19)15-17-11-7-6-8-12-17/h5-14,19,21H,1,15-16H2,2-4H3/t19-,21+/m1/s1. The first-order valence-electron chi connectivity index (χ1n) is 9.13. The fourth-order valence-corrected chi connectivity index (χ4v) is 3.60. The van der Waals surface area contributed by atoms with Crippen molar-refractivity contribution < 1.29 is 9.53 Å². The Morgan fingerprint density at radius 3 is 2.46 bits per heavy atom. The van der Waals surface area contributed by atoms with Crippen molar-refractivity contribution in [3.05, 3.63) is 83.9 Å². The van der Waals surface area contributed by atoms with E-state index >= 15 is 0 Å². The summed E-state index contributed by atoms with van der Waals surface area (Å²) in [5, 5.41) is 0. The maximum absolute atomic E-state index is 13.0. The van der Waals surface area contributed by atoms with Crippen molar-refractivity contribution >= 4 is 6.09 Å². The lowest BCUT2D eigenvalue weighted by atomic mass is 9.81. The van der Waals surface area contributed by atoms with Crippen LogP contribution in [-0.4, -0.2) is 22.6 Å². The van der Waals surface area contributed by atoms with Crippen LogP contribution in [0.2, 0.25) is 0 Å². The van der Waals surface area contributed by atoms with Crippen LogP contribution in [0.5, 0.6) is 0 Å². The number of fused-ring (bicyclic) bond motifs is 1. The number of carbonyl (C=O) groups is 1. The van der Waals surface area contributed by atoms with Gasteiger partial charge in [-0.2, -0.15) is 0 Å². The number of hydrogen-bond acceptors (Lipinski definition) is 2. The molecule has 3 nitrogen and oxygen atoms in total. The third-order valence-electron chi connectivity index (χ3n) is 4.74. The Balaban J connectivity index is 1.98. The molecule has 0 N–H and O–H groups in total. The molecule has 136 valence electrons. The molecule has 2 aromatic rings. The lowest BCUT2D eigenvalue weighted by Crippen LogP contribution is -2.49. The summed E-state index contributed by atoms with van der Waals surface area (Å²) in [7, 11) is 0. The fraction of sp³-hybridized carbons (Fsp3) is 0.348. The lowest BCUT2D eigenvalue weighted by Gasteiger charge is -2.42. The summed E-state index contributed by atoms with van der Waals surface area (Å²) in [5.74, 6) is 0.0766. The van der Waals surface area contributed by atoms with E-state index in [1.165, 1.54) is 11.1 Å². The van der Waals surface area contributed by atoms with Gasteiger partial charge in [0.1, 0.15) is 5.60 Å². The van der Waals surface area contributed by atoms with Crippen LogP contribution >= 0.6 is 0 Å². The Labute approximate surface area is 156 Å². The summed E-state index contributed by atoms with van der Waals surface area (Å²) in [6, 6.07) is 18.6. The second kappa shape index (κ2) is 7.36. The van der Waals surface area contributed by atoms with Crippen LogP contribution in [0, 0.1) is 0 Å². The van der Waals surface area contributed by atoms with Gasteiger partial charge in [0, 0.05) is 18.5 Å². The maximum Gasteiger partial charge on any atom is 0.410 e. The molecule has 0 fully saturated rings. The van der Waals surface area contributed by atoms with Gasteiger partial charge in [-0.15, -0.1) is 6.58 Å². The molecule has 1 heterocycles. The van der Waals surface area contributed by atoms with Crippen LogP contribution in [0.25, 0.3) is 0 Å². The predicted molar refractivity (Wildman–Crippen MR) is 105 cm³/mol. The summed E-state index contributed by atoms with van der Waals surface area (Å²) in [5.41, 5.74) is 3.10. The molecule has 0 aliphatic carbocycles. The Hall–Kier alpha value is -2.55. The van der Waals surface area contributed by atoms with E-state index in [1.54, 1.807) is 0 Å². The molecule has 0 saturated carbocycles. The minimum absolute atomic E-state index is 0.0142. The van der Waals surface area contributed by atoms with Gasteiger partial charge in [0.05, 0.1) is 0 Å². The lowest BCUT2D eigenvalue weighted by molar-refractivity contribution is 0.0101. The van der Waals surface area contributed by atoms with Gasteiger partial charge in [0.15, 0.2) is 0 Å². The Kier molecular flexibility index (Phi) is 5.17. The Morgan fingerprint density at radius 2 is 1.81 bits per heavy atom. The number of benzene rings is 2. The number of nitrogens with zero attached hydrogens (tertiary/aromatic N) is 1. The van der Waals surface area contributed by atoms with Crippen LogP contribution in [0.15, 0.2) is 67.3 Å². The van der Waals surface area contributed by atoms with E-state index in [2.05, 4.69) is 36.9 Å². The van der Waals surface area contributed by atoms with E-state index < -0.39 is 5.60 Å². The van der Waals surface area contributed by atoms with Gasteiger partial charge >= 0.3 is 6.09 Å². The summed E-state index contributed by atoms with van der Waals surface area (Å²) in [4.78, 5) is 14.8. The first-order valence-corrected chi connectivity index (χ1v) is 9.13. The van der Waals surface area contributed by atoms with E-state index in [9.17, 15) is 4.79 Å². The average Bonchev–Trinajstić information content (AvgIpc) is 2.60. The molecule has 1 amide bonds. The molecule has 1 aliphatic heterocycles. The average molecular weight is 349 g/mol. The van der Waals surface area contributed by atoms with E-state index in [0.29, 0.717) is 6.54 Å². The van der Waals surface area contributed by atoms with Crippen LogP contribution in [0.3, 0.4) is 0 Å². The zero-order chi connectivity index (χ0) is 18.7. The molecule has 2 aromatic carbocycles. The van der Waals surface area contributed by atoms with Crippen molar-refractivity contribution in [1.82, 2.24) is 4.90 Å². The first-order chi connectivity index (χ1) is 12.4. The zero-order valence-corrected chi connectivity index (χ0v) is 15.8. The minimum atomic E-state index is -0.519.